The number of methoxy groups -OCH3 is 2. The number of ether oxygens (including phenoxy) is 2. The first-order valence-electron chi connectivity index (χ1n) is 9.04. The average molecular weight is 413 g/mol. The van der Waals surface area contributed by atoms with Crippen molar-refractivity contribution in [2.45, 2.75) is 24.1 Å². The summed E-state index contributed by atoms with van der Waals surface area (Å²) < 4.78 is 28.8. The average Bonchev–Trinajstić information content (AvgIpc) is 3.20. The minimum absolute atomic E-state index is 0.170. The number of rotatable bonds is 8. The zero-order valence-electron chi connectivity index (χ0n) is 16.6. The van der Waals surface area contributed by atoms with Gasteiger partial charge in [-0.2, -0.15) is 0 Å². The van der Waals surface area contributed by atoms with Crippen LogP contribution < -0.4 is 14.8 Å². The maximum absolute atomic E-state index is 12.6. The van der Waals surface area contributed by atoms with Gasteiger partial charge in [-0.15, -0.1) is 0 Å². The Morgan fingerprint density at radius 2 is 1.83 bits per heavy atom. The molecule has 0 spiro atoms. The van der Waals surface area contributed by atoms with E-state index in [2.05, 4.69) is 5.32 Å². The second kappa shape index (κ2) is 9.43. The van der Waals surface area contributed by atoms with Crippen LogP contribution in [0.3, 0.4) is 0 Å². The number of nitrogens with one attached hydrogen (secondary N) is 1. The van der Waals surface area contributed by atoms with Crippen LogP contribution in [-0.2, 0) is 23.1 Å². The van der Waals surface area contributed by atoms with E-state index in [4.69, 9.17) is 13.9 Å². The lowest BCUT2D eigenvalue weighted by Crippen LogP contribution is -2.22. The van der Waals surface area contributed by atoms with Gasteiger partial charge in [-0.3, -0.25) is 9.00 Å². The fourth-order valence-corrected chi connectivity index (χ4v) is 4.18. The van der Waals surface area contributed by atoms with Gasteiger partial charge in [-0.25, -0.2) is 0 Å². The minimum Gasteiger partial charge on any atom is -0.493 e. The third-order valence-electron chi connectivity index (χ3n) is 4.42. The van der Waals surface area contributed by atoms with Crippen molar-refractivity contribution in [1.82, 2.24) is 5.32 Å². The second-order valence-electron chi connectivity index (χ2n) is 6.36. The van der Waals surface area contributed by atoms with E-state index in [1.54, 1.807) is 32.4 Å². The molecule has 2 aromatic carbocycles. The molecule has 0 saturated heterocycles. The van der Waals surface area contributed by atoms with Crippen LogP contribution in [0.1, 0.15) is 27.4 Å². The molecule has 0 radical (unpaired) electrons. The molecule has 7 heteroatoms. The third-order valence-corrected chi connectivity index (χ3v) is 5.92. The van der Waals surface area contributed by atoms with E-state index in [-0.39, 0.29) is 24.0 Å². The molecule has 0 fully saturated rings. The molecule has 1 heterocycles. The number of amides is 1. The predicted molar refractivity (Wildman–Crippen MR) is 111 cm³/mol. The van der Waals surface area contributed by atoms with Gasteiger partial charge < -0.3 is 19.2 Å². The van der Waals surface area contributed by atoms with Gasteiger partial charge in [0.1, 0.15) is 5.76 Å². The number of hydrogen-bond donors (Lipinski definition) is 1. The Balaban J connectivity index is 1.64. The van der Waals surface area contributed by atoms with Gasteiger partial charge in [0.2, 0.25) is 0 Å². The fraction of sp³-hybridized carbons (Fsp3) is 0.227. The van der Waals surface area contributed by atoms with Crippen molar-refractivity contribution >= 4 is 16.7 Å². The van der Waals surface area contributed by atoms with Crippen molar-refractivity contribution in [3.8, 4) is 11.5 Å². The first kappa shape index (κ1) is 20.7. The first-order chi connectivity index (χ1) is 14.0. The summed E-state index contributed by atoms with van der Waals surface area (Å²) >= 11 is 0. The molecule has 1 N–H and O–H groups in total. The van der Waals surface area contributed by atoms with Crippen LogP contribution in [0.15, 0.2) is 63.9 Å². The van der Waals surface area contributed by atoms with E-state index in [0.29, 0.717) is 17.3 Å². The summed E-state index contributed by atoms with van der Waals surface area (Å²) in [4.78, 5) is 13.2. The van der Waals surface area contributed by atoms with Crippen LogP contribution in [0.5, 0.6) is 11.5 Å². The standard InChI is InChI=1S/C22H23NO5S/c1-15-7-4-5-10-20(15)29(25)14-17-11-12-19(28-17)22(24)23-13-16-8-6-9-18(26-2)21(16)27-3/h4-12H,13-14H2,1-3H3,(H,23,24)/t29-/m1/s1. The Kier molecular flexibility index (Phi) is 6.72. The SMILES string of the molecule is COc1cccc(CNC(=O)c2ccc(C[S@@](=O)c3ccccc3C)o2)c1OC. The molecule has 3 aromatic rings. The Hall–Kier alpha value is -3.06. The maximum atomic E-state index is 12.6. The van der Waals surface area contributed by atoms with Gasteiger partial charge in [-0.05, 0) is 36.8 Å². The van der Waals surface area contributed by atoms with Gasteiger partial charge in [0, 0.05) is 17.0 Å². The first-order valence-corrected chi connectivity index (χ1v) is 10.4. The summed E-state index contributed by atoms with van der Waals surface area (Å²) in [5.41, 5.74) is 1.75. The van der Waals surface area contributed by atoms with Crippen LogP contribution in [0.2, 0.25) is 0 Å². The number of hydrogen-bond acceptors (Lipinski definition) is 5. The molecule has 1 aromatic heterocycles. The highest BCUT2D eigenvalue weighted by Crippen LogP contribution is 2.30. The lowest BCUT2D eigenvalue weighted by Gasteiger charge is -2.12. The normalized spacial score (nSPS) is 11.7. The number of para-hydroxylation sites is 1. The monoisotopic (exact) mass is 413 g/mol. The summed E-state index contributed by atoms with van der Waals surface area (Å²) in [6, 6.07) is 16.2. The molecule has 0 bridgehead atoms. The van der Waals surface area contributed by atoms with E-state index in [9.17, 15) is 9.00 Å². The van der Waals surface area contributed by atoms with Crippen molar-refractivity contribution in [2.24, 2.45) is 0 Å². The molecule has 6 nitrogen and oxygen atoms in total. The summed E-state index contributed by atoms with van der Waals surface area (Å²) in [7, 11) is 1.87. The molecular formula is C22H23NO5S. The van der Waals surface area contributed by atoms with Crippen LogP contribution >= 0.6 is 0 Å². The molecule has 0 unspecified atom stereocenters. The molecular weight excluding hydrogens is 390 g/mol. The van der Waals surface area contributed by atoms with Crippen LogP contribution in [0.4, 0.5) is 0 Å². The zero-order chi connectivity index (χ0) is 20.8. The third kappa shape index (κ3) is 4.86. The van der Waals surface area contributed by atoms with E-state index >= 15 is 0 Å². The fourth-order valence-electron chi connectivity index (χ4n) is 2.95. The number of carbonyl (C=O) groups is 1. The van der Waals surface area contributed by atoms with Crippen molar-refractivity contribution in [1.29, 1.82) is 0 Å². The Bertz CT molecular complexity index is 1030. The summed E-state index contributed by atoms with van der Waals surface area (Å²) in [6.45, 7) is 2.17. The second-order valence-corrected chi connectivity index (χ2v) is 7.78. The maximum Gasteiger partial charge on any atom is 0.287 e. The Morgan fingerprint density at radius 3 is 2.55 bits per heavy atom. The van der Waals surface area contributed by atoms with Gasteiger partial charge in [0.25, 0.3) is 5.91 Å². The Morgan fingerprint density at radius 1 is 1.03 bits per heavy atom. The summed E-state index contributed by atoms with van der Waals surface area (Å²) in [6.07, 6.45) is 0. The number of aryl methyl sites for hydroxylation is 1. The minimum atomic E-state index is -1.24. The summed E-state index contributed by atoms with van der Waals surface area (Å²) in [5.74, 6) is 1.69. The van der Waals surface area contributed by atoms with E-state index in [1.807, 2.05) is 43.3 Å². The van der Waals surface area contributed by atoms with Crippen molar-refractivity contribution in [3.63, 3.8) is 0 Å². The summed E-state index contributed by atoms with van der Waals surface area (Å²) in [5, 5.41) is 2.80. The number of benzene rings is 2. The van der Waals surface area contributed by atoms with Crippen LogP contribution in [-0.4, -0.2) is 24.3 Å². The lowest BCUT2D eigenvalue weighted by molar-refractivity contribution is 0.0921. The van der Waals surface area contributed by atoms with Crippen LogP contribution in [0, 0.1) is 6.92 Å². The molecule has 3 rings (SSSR count). The molecule has 0 aliphatic rings. The van der Waals surface area contributed by atoms with Crippen LogP contribution in [0.25, 0.3) is 0 Å². The van der Waals surface area contributed by atoms with E-state index < -0.39 is 10.8 Å². The topological polar surface area (TPSA) is 77.8 Å². The highest BCUT2D eigenvalue weighted by atomic mass is 32.2. The zero-order valence-corrected chi connectivity index (χ0v) is 17.4. The molecule has 1 amide bonds. The molecule has 29 heavy (non-hydrogen) atoms. The highest BCUT2D eigenvalue weighted by molar-refractivity contribution is 7.84. The largest absolute Gasteiger partial charge is 0.493 e. The molecule has 0 aliphatic carbocycles. The highest BCUT2D eigenvalue weighted by Gasteiger charge is 2.16. The molecule has 1 atom stereocenters. The van der Waals surface area contributed by atoms with Gasteiger partial charge in [-0.1, -0.05) is 30.3 Å². The van der Waals surface area contributed by atoms with Gasteiger partial charge in [0.15, 0.2) is 17.3 Å². The van der Waals surface area contributed by atoms with Gasteiger partial charge in [0.05, 0.1) is 30.8 Å². The number of furan rings is 1. The van der Waals surface area contributed by atoms with Gasteiger partial charge >= 0.3 is 0 Å². The molecule has 152 valence electrons. The Labute approximate surface area is 172 Å². The van der Waals surface area contributed by atoms with E-state index in [0.717, 1.165) is 16.0 Å². The van der Waals surface area contributed by atoms with Crippen molar-refractivity contribution in [2.75, 3.05) is 14.2 Å². The quantitative estimate of drug-likeness (QED) is 0.607. The molecule has 0 saturated carbocycles. The predicted octanol–water partition coefficient (Wildman–Crippen LogP) is 3.84. The van der Waals surface area contributed by atoms with Crippen molar-refractivity contribution < 1.29 is 22.9 Å². The number of carbonyl (C=O) groups excluding carboxylic acids is 1. The smallest absolute Gasteiger partial charge is 0.287 e. The van der Waals surface area contributed by atoms with E-state index in [1.165, 1.54) is 0 Å². The lowest BCUT2D eigenvalue weighted by atomic mass is 10.2. The molecule has 0 aliphatic heterocycles. The van der Waals surface area contributed by atoms with Crippen molar-refractivity contribution in [3.05, 3.63) is 77.2 Å².